The van der Waals surface area contributed by atoms with Crippen LogP contribution in [0.5, 0.6) is 0 Å². The van der Waals surface area contributed by atoms with Crippen LogP contribution in [0, 0.1) is 19.7 Å². The van der Waals surface area contributed by atoms with Crippen molar-refractivity contribution in [3.05, 3.63) is 64.5 Å². The highest BCUT2D eigenvalue weighted by atomic mass is 32.1. The van der Waals surface area contributed by atoms with Crippen molar-refractivity contribution in [2.75, 3.05) is 11.9 Å². The van der Waals surface area contributed by atoms with Crippen LogP contribution in [0.15, 0.2) is 36.4 Å². The number of anilines is 1. The average Bonchev–Trinajstić information content (AvgIpc) is 2.36. The molecule has 0 atom stereocenters. The van der Waals surface area contributed by atoms with Crippen LogP contribution < -0.4 is 10.6 Å². The number of nitrogens with two attached hydrogens (primary N) is 1. The van der Waals surface area contributed by atoms with Gasteiger partial charge in [-0.05, 0) is 60.9 Å². The van der Waals surface area contributed by atoms with Crippen molar-refractivity contribution in [1.29, 1.82) is 0 Å². The Morgan fingerprint density at radius 3 is 2.29 bits per heavy atom. The van der Waals surface area contributed by atoms with Crippen molar-refractivity contribution < 1.29 is 4.39 Å². The second-order valence-electron chi connectivity index (χ2n) is 5.41. The molecular weight excluding hydrogens is 283 g/mol. The van der Waals surface area contributed by atoms with E-state index in [4.69, 9.17) is 18.0 Å². The highest BCUT2D eigenvalue weighted by Crippen LogP contribution is 2.20. The van der Waals surface area contributed by atoms with E-state index in [2.05, 4.69) is 36.9 Å². The zero-order valence-corrected chi connectivity index (χ0v) is 13.3. The minimum Gasteiger partial charge on any atom is -0.389 e. The molecule has 0 aliphatic heterocycles. The summed E-state index contributed by atoms with van der Waals surface area (Å²) in [4.78, 5) is 2.29. The van der Waals surface area contributed by atoms with Gasteiger partial charge in [0.2, 0.25) is 0 Å². The summed E-state index contributed by atoms with van der Waals surface area (Å²) in [6.45, 7) is 4.73. The van der Waals surface area contributed by atoms with E-state index in [1.165, 1.54) is 23.3 Å². The fraction of sp³-hybridized carbons (Fsp3) is 0.235. The quantitative estimate of drug-likeness (QED) is 0.873. The molecule has 0 saturated carbocycles. The third kappa shape index (κ3) is 4.02. The lowest BCUT2D eigenvalue weighted by atomic mass is 10.1. The first kappa shape index (κ1) is 15.4. The van der Waals surface area contributed by atoms with E-state index in [0.717, 1.165) is 11.3 Å². The maximum Gasteiger partial charge on any atom is 0.124 e. The van der Waals surface area contributed by atoms with Gasteiger partial charge in [0.05, 0.1) is 0 Å². The molecule has 0 aliphatic carbocycles. The number of thiocarbonyl (C=S) groups is 1. The Kier molecular flexibility index (Phi) is 4.58. The fourth-order valence-electron chi connectivity index (χ4n) is 2.42. The highest BCUT2D eigenvalue weighted by Gasteiger charge is 2.07. The SMILES string of the molecule is Cc1cc(C)cc(N(C)Cc2cc(F)cc(C(N)=S)c2)c1. The molecule has 0 heterocycles. The number of nitrogens with zero attached hydrogens (tertiary/aromatic N) is 1. The zero-order chi connectivity index (χ0) is 15.6. The molecule has 2 aromatic rings. The number of benzene rings is 2. The summed E-state index contributed by atoms with van der Waals surface area (Å²) in [5.41, 5.74) is 10.5. The van der Waals surface area contributed by atoms with Crippen LogP contribution in [0.4, 0.5) is 10.1 Å². The Hall–Kier alpha value is -1.94. The average molecular weight is 302 g/mol. The van der Waals surface area contributed by atoms with Crippen LogP contribution >= 0.6 is 12.2 Å². The van der Waals surface area contributed by atoms with Crippen LogP contribution in [0.1, 0.15) is 22.3 Å². The van der Waals surface area contributed by atoms with E-state index in [1.807, 2.05) is 13.1 Å². The van der Waals surface area contributed by atoms with E-state index >= 15 is 0 Å². The van der Waals surface area contributed by atoms with Gasteiger partial charge in [0, 0.05) is 24.8 Å². The first-order valence-corrected chi connectivity index (χ1v) is 7.14. The predicted octanol–water partition coefficient (Wildman–Crippen LogP) is 3.71. The normalized spacial score (nSPS) is 10.5. The second-order valence-corrected chi connectivity index (χ2v) is 5.85. The maximum absolute atomic E-state index is 13.6. The Labute approximate surface area is 130 Å². The second kappa shape index (κ2) is 6.22. The van der Waals surface area contributed by atoms with Crippen LogP contribution in [0.2, 0.25) is 0 Å². The first-order chi connectivity index (χ1) is 9.85. The van der Waals surface area contributed by atoms with E-state index in [0.29, 0.717) is 12.1 Å². The Bertz CT molecular complexity index is 662. The fourth-order valence-corrected chi connectivity index (χ4v) is 2.54. The van der Waals surface area contributed by atoms with Gasteiger partial charge in [-0.15, -0.1) is 0 Å². The van der Waals surface area contributed by atoms with Crippen molar-refractivity contribution in [3.8, 4) is 0 Å². The van der Waals surface area contributed by atoms with Gasteiger partial charge in [-0.1, -0.05) is 18.3 Å². The lowest BCUT2D eigenvalue weighted by Crippen LogP contribution is -2.18. The van der Waals surface area contributed by atoms with Crippen LogP contribution in [0.3, 0.4) is 0 Å². The monoisotopic (exact) mass is 302 g/mol. The molecule has 0 aliphatic rings. The van der Waals surface area contributed by atoms with Crippen molar-refractivity contribution >= 4 is 22.9 Å². The molecule has 4 heteroatoms. The predicted molar refractivity (Wildman–Crippen MR) is 90.3 cm³/mol. The summed E-state index contributed by atoms with van der Waals surface area (Å²) in [6, 6.07) is 11.1. The lowest BCUT2D eigenvalue weighted by molar-refractivity contribution is 0.624. The molecule has 2 N–H and O–H groups in total. The van der Waals surface area contributed by atoms with Crippen molar-refractivity contribution in [3.63, 3.8) is 0 Å². The van der Waals surface area contributed by atoms with E-state index in [9.17, 15) is 4.39 Å². The number of aryl methyl sites for hydroxylation is 2. The van der Waals surface area contributed by atoms with E-state index < -0.39 is 0 Å². The molecule has 110 valence electrons. The third-order valence-electron chi connectivity index (χ3n) is 3.31. The van der Waals surface area contributed by atoms with Gasteiger partial charge in [0.1, 0.15) is 10.8 Å². The van der Waals surface area contributed by atoms with Gasteiger partial charge >= 0.3 is 0 Å². The minimum absolute atomic E-state index is 0.213. The van der Waals surface area contributed by atoms with Gasteiger partial charge in [0.25, 0.3) is 0 Å². The molecule has 0 fully saturated rings. The zero-order valence-electron chi connectivity index (χ0n) is 12.5. The molecule has 2 aromatic carbocycles. The Morgan fingerprint density at radius 2 is 1.71 bits per heavy atom. The molecule has 0 aromatic heterocycles. The lowest BCUT2D eigenvalue weighted by Gasteiger charge is -2.21. The van der Waals surface area contributed by atoms with Crippen LogP contribution in [-0.4, -0.2) is 12.0 Å². The van der Waals surface area contributed by atoms with Crippen LogP contribution in [-0.2, 0) is 6.54 Å². The Morgan fingerprint density at radius 1 is 1.10 bits per heavy atom. The number of rotatable bonds is 4. The van der Waals surface area contributed by atoms with Crippen molar-refractivity contribution in [2.24, 2.45) is 5.73 Å². The molecule has 0 unspecified atom stereocenters. The molecular formula is C17H19FN2S. The van der Waals surface area contributed by atoms with E-state index in [1.54, 1.807) is 0 Å². The molecule has 0 spiro atoms. The smallest absolute Gasteiger partial charge is 0.124 e. The summed E-state index contributed by atoms with van der Waals surface area (Å²) in [7, 11) is 1.99. The number of halogens is 1. The molecule has 2 rings (SSSR count). The topological polar surface area (TPSA) is 29.3 Å². The van der Waals surface area contributed by atoms with Crippen molar-refractivity contribution in [2.45, 2.75) is 20.4 Å². The maximum atomic E-state index is 13.6. The van der Waals surface area contributed by atoms with Gasteiger partial charge in [-0.3, -0.25) is 0 Å². The minimum atomic E-state index is -0.316. The molecule has 2 nitrogen and oxygen atoms in total. The van der Waals surface area contributed by atoms with Gasteiger partial charge in [0.15, 0.2) is 0 Å². The molecule has 0 saturated heterocycles. The molecule has 0 amide bonds. The molecule has 0 bridgehead atoms. The number of hydrogen-bond acceptors (Lipinski definition) is 2. The van der Waals surface area contributed by atoms with Crippen molar-refractivity contribution in [1.82, 2.24) is 0 Å². The molecule has 21 heavy (non-hydrogen) atoms. The number of hydrogen-bond donors (Lipinski definition) is 1. The largest absolute Gasteiger partial charge is 0.389 e. The van der Waals surface area contributed by atoms with Crippen LogP contribution in [0.25, 0.3) is 0 Å². The standard InChI is InChI=1S/C17H19FN2S/c1-11-4-12(2)6-16(5-11)20(3)10-13-7-14(17(19)21)9-15(18)8-13/h4-9H,10H2,1-3H3,(H2,19,21). The first-order valence-electron chi connectivity index (χ1n) is 6.74. The highest BCUT2D eigenvalue weighted by molar-refractivity contribution is 7.80. The summed E-state index contributed by atoms with van der Waals surface area (Å²) < 4.78 is 13.6. The summed E-state index contributed by atoms with van der Waals surface area (Å²) in [5.74, 6) is -0.316. The third-order valence-corrected chi connectivity index (χ3v) is 3.54. The van der Waals surface area contributed by atoms with Gasteiger partial charge in [-0.2, -0.15) is 0 Å². The summed E-state index contributed by atoms with van der Waals surface area (Å²) in [5, 5.41) is 0. The Balaban J connectivity index is 2.26. The van der Waals surface area contributed by atoms with Gasteiger partial charge in [-0.25, -0.2) is 4.39 Å². The molecule has 0 radical (unpaired) electrons. The van der Waals surface area contributed by atoms with E-state index in [-0.39, 0.29) is 10.8 Å². The van der Waals surface area contributed by atoms with Gasteiger partial charge < -0.3 is 10.6 Å². The summed E-state index contributed by atoms with van der Waals surface area (Å²) in [6.07, 6.45) is 0. The summed E-state index contributed by atoms with van der Waals surface area (Å²) >= 11 is 4.92.